The predicted molar refractivity (Wildman–Crippen MR) is 181 cm³/mol. The highest BCUT2D eigenvalue weighted by molar-refractivity contribution is 5.32. The van der Waals surface area contributed by atoms with Crippen LogP contribution >= 0.6 is 0 Å². The van der Waals surface area contributed by atoms with Crippen molar-refractivity contribution in [2.75, 3.05) is 19.8 Å². The van der Waals surface area contributed by atoms with Gasteiger partial charge in [-0.05, 0) is 137 Å². The lowest BCUT2D eigenvalue weighted by Crippen LogP contribution is -2.14. The van der Waals surface area contributed by atoms with Gasteiger partial charge < -0.3 is 14.2 Å². The second-order valence-corrected chi connectivity index (χ2v) is 12.8. The number of unbranched alkanes of at least 4 members (excludes halogenated alkanes) is 7. The van der Waals surface area contributed by atoms with Gasteiger partial charge in [0.15, 0.2) is 11.6 Å². The molecule has 0 bridgehead atoms. The first kappa shape index (κ1) is 33.9. The zero-order valence-corrected chi connectivity index (χ0v) is 27.3. The van der Waals surface area contributed by atoms with Crippen LogP contribution in [0, 0.1) is 18.7 Å². The van der Waals surface area contributed by atoms with E-state index in [9.17, 15) is 4.39 Å². The molecular weight excluding hydrogens is 547 g/mol. The van der Waals surface area contributed by atoms with E-state index >= 15 is 0 Å². The number of ether oxygens (including phenoxy) is 3. The molecule has 0 radical (unpaired) electrons. The summed E-state index contributed by atoms with van der Waals surface area (Å²) in [5.41, 5.74) is 3.76. The summed E-state index contributed by atoms with van der Waals surface area (Å²) in [6.07, 6.45) is 17.5. The van der Waals surface area contributed by atoms with Crippen LogP contribution in [0.15, 0.2) is 66.7 Å². The summed E-state index contributed by atoms with van der Waals surface area (Å²) in [6, 6.07) is 22.5. The lowest BCUT2D eigenvalue weighted by atomic mass is 9.77. The van der Waals surface area contributed by atoms with Crippen molar-refractivity contribution in [2.24, 2.45) is 5.92 Å². The van der Waals surface area contributed by atoms with E-state index in [-0.39, 0.29) is 5.82 Å². The minimum absolute atomic E-state index is 0.222. The average Bonchev–Trinajstić information content (AvgIpc) is 3.05. The molecule has 0 aliphatic heterocycles. The molecule has 0 aromatic heterocycles. The third-order valence-corrected chi connectivity index (χ3v) is 9.14. The van der Waals surface area contributed by atoms with Crippen LogP contribution < -0.4 is 14.2 Å². The van der Waals surface area contributed by atoms with Crippen molar-refractivity contribution in [3.63, 3.8) is 0 Å². The predicted octanol–water partition coefficient (Wildman–Crippen LogP) is 11.4. The molecule has 0 atom stereocenters. The highest BCUT2D eigenvalue weighted by atomic mass is 19.1. The Morgan fingerprint density at radius 2 is 1.20 bits per heavy atom. The molecule has 0 heterocycles. The summed E-state index contributed by atoms with van der Waals surface area (Å²) in [6.45, 7) is 6.42. The number of halogens is 1. The Kier molecular flexibility index (Phi) is 14.9. The molecular formula is C40H55FO3. The number of rotatable bonds is 20. The molecule has 4 heteroatoms. The maximum absolute atomic E-state index is 14.9. The first-order valence-corrected chi connectivity index (χ1v) is 17.4. The quantitative estimate of drug-likeness (QED) is 0.120. The minimum Gasteiger partial charge on any atom is -0.494 e. The van der Waals surface area contributed by atoms with Gasteiger partial charge in [-0.3, -0.25) is 0 Å². The van der Waals surface area contributed by atoms with Crippen molar-refractivity contribution in [1.29, 1.82) is 0 Å². The fraction of sp³-hybridized carbons (Fsp3) is 0.550. The van der Waals surface area contributed by atoms with E-state index in [0.29, 0.717) is 18.3 Å². The van der Waals surface area contributed by atoms with Gasteiger partial charge in [-0.1, -0.05) is 68.5 Å². The Morgan fingerprint density at radius 1 is 0.636 bits per heavy atom. The van der Waals surface area contributed by atoms with E-state index in [1.165, 1.54) is 56.1 Å². The van der Waals surface area contributed by atoms with Gasteiger partial charge in [0.2, 0.25) is 0 Å². The van der Waals surface area contributed by atoms with Gasteiger partial charge in [0.25, 0.3) is 0 Å². The third kappa shape index (κ3) is 12.2. The maximum Gasteiger partial charge on any atom is 0.165 e. The topological polar surface area (TPSA) is 27.7 Å². The summed E-state index contributed by atoms with van der Waals surface area (Å²) in [4.78, 5) is 0. The van der Waals surface area contributed by atoms with Crippen molar-refractivity contribution in [2.45, 2.75) is 116 Å². The zero-order chi connectivity index (χ0) is 30.8. The number of hydrogen-bond acceptors (Lipinski definition) is 3. The molecule has 240 valence electrons. The van der Waals surface area contributed by atoms with Gasteiger partial charge in [0, 0.05) is 0 Å². The number of hydrogen-bond donors (Lipinski definition) is 0. The van der Waals surface area contributed by atoms with E-state index in [1.807, 2.05) is 18.2 Å². The van der Waals surface area contributed by atoms with Crippen LogP contribution in [-0.2, 0) is 6.42 Å². The van der Waals surface area contributed by atoms with Crippen molar-refractivity contribution < 1.29 is 18.6 Å². The second kappa shape index (κ2) is 19.4. The monoisotopic (exact) mass is 602 g/mol. The highest BCUT2D eigenvalue weighted by Crippen LogP contribution is 2.38. The van der Waals surface area contributed by atoms with Crippen LogP contribution in [0.3, 0.4) is 0 Å². The largest absolute Gasteiger partial charge is 0.494 e. The van der Waals surface area contributed by atoms with Gasteiger partial charge in [-0.2, -0.15) is 0 Å². The Balaban J connectivity index is 1.06. The fourth-order valence-electron chi connectivity index (χ4n) is 6.26. The molecule has 3 aromatic rings. The van der Waals surface area contributed by atoms with E-state index in [2.05, 4.69) is 56.3 Å². The Morgan fingerprint density at radius 3 is 1.80 bits per heavy atom. The van der Waals surface area contributed by atoms with Gasteiger partial charge in [-0.25, -0.2) is 4.39 Å². The zero-order valence-electron chi connectivity index (χ0n) is 27.3. The van der Waals surface area contributed by atoms with Gasteiger partial charge >= 0.3 is 0 Å². The third-order valence-electron chi connectivity index (χ3n) is 9.14. The number of aryl methyl sites for hydroxylation is 2. The van der Waals surface area contributed by atoms with E-state index in [4.69, 9.17) is 14.2 Å². The van der Waals surface area contributed by atoms with Crippen LogP contribution in [0.2, 0.25) is 0 Å². The molecule has 3 nitrogen and oxygen atoms in total. The van der Waals surface area contributed by atoms with Gasteiger partial charge in [0.1, 0.15) is 11.5 Å². The van der Waals surface area contributed by atoms with Crippen molar-refractivity contribution in [3.05, 3.63) is 89.2 Å². The lowest BCUT2D eigenvalue weighted by molar-refractivity contribution is 0.279. The fourth-order valence-corrected chi connectivity index (χ4v) is 6.26. The lowest BCUT2D eigenvalue weighted by Gasteiger charge is -2.29. The summed E-state index contributed by atoms with van der Waals surface area (Å²) in [5.74, 6) is 3.29. The molecule has 1 aliphatic carbocycles. The number of benzene rings is 3. The van der Waals surface area contributed by atoms with E-state index in [0.717, 1.165) is 87.6 Å². The molecule has 0 saturated heterocycles. The summed E-state index contributed by atoms with van der Waals surface area (Å²) in [7, 11) is 0. The molecule has 1 aliphatic rings. The minimum atomic E-state index is -0.222. The van der Waals surface area contributed by atoms with Crippen molar-refractivity contribution in [3.8, 4) is 17.2 Å². The molecule has 4 rings (SSSR count). The van der Waals surface area contributed by atoms with Crippen LogP contribution in [-0.4, -0.2) is 19.8 Å². The van der Waals surface area contributed by atoms with Gasteiger partial charge in [0.05, 0.1) is 19.8 Å². The molecule has 0 spiro atoms. The molecule has 3 aromatic carbocycles. The van der Waals surface area contributed by atoms with Crippen LogP contribution in [0.4, 0.5) is 4.39 Å². The summed E-state index contributed by atoms with van der Waals surface area (Å²) < 4.78 is 32.4. The van der Waals surface area contributed by atoms with Gasteiger partial charge in [-0.15, -0.1) is 0 Å². The highest BCUT2D eigenvalue weighted by Gasteiger charge is 2.23. The first-order chi connectivity index (χ1) is 21.6. The summed E-state index contributed by atoms with van der Waals surface area (Å²) >= 11 is 0. The standard InChI is InChI=1S/C40H55FO3/c1-3-4-5-6-9-28-43-38-25-18-34(19-26-38)15-14-33-16-20-35(21-17-33)36-22-27-40(39(41)31-36)44-30-11-8-7-10-29-42-37-23-12-32(2)13-24-37/h12-13,18-19,22-27,31,33,35H,3-11,14-17,20-21,28-30H2,1-2H3. The Hall–Kier alpha value is -3.01. The molecule has 0 N–H and O–H groups in total. The Labute approximate surface area is 266 Å². The smallest absolute Gasteiger partial charge is 0.165 e. The van der Waals surface area contributed by atoms with Crippen molar-refractivity contribution >= 4 is 0 Å². The molecule has 0 unspecified atom stereocenters. The summed E-state index contributed by atoms with van der Waals surface area (Å²) in [5, 5.41) is 0. The molecule has 0 amide bonds. The van der Waals surface area contributed by atoms with E-state index < -0.39 is 0 Å². The van der Waals surface area contributed by atoms with Crippen LogP contribution in [0.1, 0.15) is 119 Å². The molecule has 1 fully saturated rings. The first-order valence-electron chi connectivity index (χ1n) is 17.4. The maximum atomic E-state index is 14.9. The Bertz CT molecular complexity index is 1180. The van der Waals surface area contributed by atoms with Crippen molar-refractivity contribution in [1.82, 2.24) is 0 Å². The average molecular weight is 603 g/mol. The normalized spacial score (nSPS) is 16.5. The molecule has 44 heavy (non-hydrogen) atoms. The SMILES string of the molecule is CCCCCCCOc1ccc(CCC2CCC(c3ccc(OCCCCCCOc4ccc(C)cc4)c(F)c3)CC2)cc1. The van der Waals surface area contributed by atoms with E-state index in [1.54, 1.807) is 6.07 Å². The van der Waals surface area contributed by atoms with Crippen LogP contribution in [0.25, 0.3) is 0 Å². The molecule has 1 saturated carbocycles. The second-order valence-electron chi connectivity index (χ2n) is 12.8. The van der Waals surface area contributed by atoms with Crippen LogP contribution in [0.5, 0.6) is 17.2 Å².